The van der Waals surface area contributed by atoms with E-state index in [2.05, 4.69) is 10.6 Å². The molecule has 0 spiro atoms. The summed E-state index contributed by atoms with van der Waals surface area (Å²) >= 11 is 0. The highest BCUT2D eigenvalue weighted by atomic mass is 32.2. The fraction of sp³-hybridized carbons (Fsp3) is 0.200. The van der Waals surface area contributed by atoms with Gasteiger partial charge in [0.05, 0.1) is 10.5 Å². The lowest BCUT2D eigenvalue weighted by molar-refractivity contribution is 0.0697. The summed E-state index contributed by atoms with van der Waals surface area (Å²) in [4.78, 5) is 21.2. The van der Waals surface area contributed by atoms with E-state index >= 15 is 0 Å². The summed E-state index contributed by atoms with van der Waals surface area (Å²) < 4.78 is 22.3. The van der Waals surface area contributed by atoms with Crippen LogP contribution in [-0.4, -0.2) is 38.6 Å². The smallest absolute Gasteiger partial charge is 0.337 e. The number of anilines is 1. The van der Waals surface area contributed by atoms with Crippen LogP contribution in [0, 0.1) is 0 Å². The lowest BCUT2D eigenvalue weighted by atomic mass is 10.2. The van der Waals surface area contributed by atoms with Crippen LogP contribution in [0.15, 0.2) is 23.1 Å². The maximum Gasteiger partial charge on any atom is 0.337 e. The van der Waals surface area contributed by atoms with Crippen LogP contribution < -0.4 is 21.5 Å². The van der Waals surface area contributed by atoms with Crippen LogP contribution in [0.4, 0.5) is 10.5 Å². The number of benzene rings is 1. The zero-order valence-corrected chi connectivity index (χ0v) is 11.1. The first-order valence-electron chi connectivity index (χ1n) is 5.39. The van der Waals surface area contributed by atoms with Gasteiger partial charge in [-0.05, 0) is 18.2 Å². The fourth-order valence-electron chi connectivity index (χ4n) is 1.41. The molecule has 0 heterocycles. The second-order valence-corrected chi connectivity index (χ2v) is 5.34. The van der Waals surface area contributed by atoms with Crippen LogP contribution in [0.1, 0.15) is 10.4 Å². The highest BCUT2D eigenvalue weighted by molar-refractivity contribution is 7.89. The molecule has 0 saturated heterocycles. The van der Waals surface area contributed by atoms with Crippen LogP contribution in [0.2, 0.25) is 0 Å². The number of sulfonamides is 1. The second-order valence-electron chi connectivity index (χ2n) is 3.78. The van der Waals surface area contributed by atoms with Crippen molar-refractivity contribution >= 4 is 27.7 Å². The van der Waals surface area contributed by atoms with Crippen molar-refractivity contribution < 1.29 is 23.1 Å². The number of carbonyl (C=O) groups is 2. The first-order valence-corrected chi connectivity index (χ1v) is 6.94. The van der Waals surface area contributed by atoms with Gasteiger partial charge >= 0.3 is 12.0 Å². The van der Waals surface area contributed by atoms with Crippen LogP contribution in [-0.2, 0) is 10.0 Å². The van der Waals surface area contributed by atoms with Crippen LogP contribution in [0.25, 0.3) is 0 Å². The third-order valence-corrected chi connectivity index (χ3v) is 3.20. The van der Waals surface area contributed by atoms with Gasteiger partial charge in [-0.1, -0.05) is 0 Å². The third kappa shape index (κ3) is 4.40. The molecule has 0 bridgehead atoms. The number of carbonyl (C=O) groups excluding carboxylic acids is 1. The molecular formula is C10H14N4O5S. The van der Waals surface area contributed by atoms with E-state index < -0.39 is 22.0 Å². The molecule has 2 amide bonds. The molecule has 1 aromatic rings. The van der Waals surface area contributed by atoms with Crippen molar-refractivity contribution in [3.8, 4) is 0 Å². The predicted octanol–water partition coefficient (Wildman–Crippen LogP) is -0.888. The van der Waals surface area contributed by atoms with E-state index in [9.17, 15) is 18.0 Å². The Morgan fingerprint density at radius 2 is 1.90 bits per heavy atom. The van der Waals surface area contributed by atoms with Crippen molar-refractivity contribution in [1.82, 2.24) is 5.32 Å². The molecule has 0 saturated carbocycles. The quantitative estimate of drug-likeness (QED) is 0.428. The van der Waals surface area contributed by atoms with Gasteiger partial charge in [-0.3, -0.25) is 0 Å². The zero-order chi connectivity index (χ0) is 15.3. The van der Waals surface area contributed by atoms with E-state index in [1.165, 1.54) is 12.1 Å². The van der Waals surface area contributed by atoms with Gasteiger partial charge in [-0.15, -0.1) is 0 Å². The Balaban J connectivity index is 2.91. The molecular weight excluding hydrogens is 288 g/mol. The molecule has 0 radical (unpaired) electrons. The maximum atomic E-state index is 11.2. The number of urea groups is 1. The Hall–Kier alpha value is -2.33. The molecule has 0 aliphatic carbocycles. The van der Waals surface area contributed by atoms with Gasteiger partial charge in [0.15, 0.2) is 0 Å². The molecule has 0 aliphatic rings. The number of carboxylic acid groups (broad SMARTS) is 1. The van der Waals surface area contributed by atoms with Gasteiger partial charge in [-0.2, -0.15) is 0 Å². The standard InChI is InChI=1S/C10H14N4O5S/c11-10(17)14-4-3-13-8-2-1-6(20(12,18)19)5-7(8)9(15)16/h1-2,5,13H,3-4H2,(H,15,16)(H3,11,14,17)(H2,12,18,19). The first-order chi connectivity index (χ1) is 9.21. The lowest BCUT2D eigenvalue weighted by Crippen LogP contribution is -2.33. The number of carboxylic acids is 1. The molecule has 7 N–H and O–H groups in total. The minimum atomic E-state index is -3.98. The molecule has 0 unspecified atom stereocenters. The molecule has 110 valence electrons. The average Bonchev–Trinajstić information content (AvgIpc) is 2.33. The van der Waals surface area contributed by atoms with E-state index in [1.54, 1.807) is 0 Å². The molecule has 0 fully saturated rings. The maximum absolute atomic E-state index is 11.2. The summed E-state index contributed by atoms with van der Waals surface area (Å²) in [6.07, 6.45) is 0. The van der Waals surface area contributed by atoms with E-state index in [-0.39, 0.29) is 29.2 Å². The Kier molecular flexibility index (Phi) is 4.88. The van der Waals surface area contributed by atoms with Crippen molar-refractivity contribution in [1.29, 1.82) is 0 Å². The topological polar surface area (TPSA) is 165 Å². The number of nitrogens with two attached hydrogens (primary N) is 2. The van der Waals surface area contributed by atoms with Crippen molar-refractivity contribution in [2.24, 2.45) is 10.9 Å². The molecule has 0 aromatic heterocycles. The van der Waals surface area contributed by atoms with Crippen LogP contribution >= 0.6 is 0 Å². The summed E-state index contributed by atoms with van der Waals surface area (Å²) in [5.74, 6) is -1.30. The minimum absolute atomic E-state index is 0.186. The molecule has 9 nitrogen and oxygen atoms in total. The van der Waals surface area contributed by atoms with E-state index in [0.29, 0.717) is 0 Å². The largest absolute Gasteiger partial charge is 0.478 e. The Morgan fingerprint density at radius 1 is 1.25 bits per heavy atom. The Labute approximate surface area is 115 Å². The molecule has 0 atom stereocenters. The summed E-state index contributed by atoms with van der Waals surface area (Å²) in [5, 5.41) is 19.0. The van der Waals surface area contributed by atoms with E-state index in [0.717, 1.165) is 6.07 Å². The van der Waals surface area contributed by atoms with Gasteiger partial charge in [0.2, 0.25) is 10.0 Å². The molecule has 1 aromatic carbocycles. The van der Waals surface area contributed by atoms with Gasteiger partial charge in [0.1, 0.15) is 0 Å². The molecule has 20 heavy (non-hydrogen) atoms. The molecule has 0 aliphatic heterocycles. The van der Waals surface area contributed by atoms with Gasteiger partial charge < -0.3 is 21.5 Å². The highest BCUT2D eigenvalue weighted by Gasteiger charge is 2.15. The van der Waals surface area contributed by atoms with Crippen LogP contribution in [0.5, 0.6) is 0 Å². The van der Waals surface area contributed by atoms with Crippen molar-refractivity contribution in [2.75, 3.05) is 18.4 Å². The van der Waals surface area contributed by atoms with Gasteiger partial charge in [-0.25, -0.2) is 23.1 Å². The summed E-state index contributed by atoms with van der Waals surface area (Å²) in [5.41, 5.74) is 4.83. The van der Waals surface area contributed by atoms with E-state index in [4.69, 9.17) is 16.0 Å². The predicted molar refractivity (Wildman–Crippen MR) is 70.9 cm³/mol. The molecule has 10 heteroatoms. The molecule has 1 rings (SSSR count). The third-order valence-electron chi connectivity index (χ3n) is 2.29. The average molecular weight is 302 g/mol. The van der Waals surface area contributed by atoms with Crippen molar-refractivity contribution in [3.63, 3.8) is 0 Å². The lowest BCUT2D eigenvalue weighted by Gasteiger charge is -2.10. The zero-order valence-electron chi connectivity index (χ0n) is 10.3. The number of nitrogens with one attached hydrogen (secondary N) is 2. The first kappa shape index (κ1) is 15.7. The van der Waals surface area contributed by atoms with Gasteiger partial charge in [0, 0.05) is 18.8 Å². The monoisotopic (exact) mass is 302 g/mol. The number of aromatic carboxylic acids is 1. The van der Waals surface area contributed by atoms with Gasteiger partial charge in [0.25, 0.3) is 0 Å². The number of primary sulfonamides is 1. The van der Waals surface area contributed by atoms with Crippen molar-refractivity contribution in [3.05, 3.63) is 23.8 Å². The second kappa shape index (κ2) is 6.21. The summed E-state index contributed by atoms with van der Waals surface area (Å²) in [7, 11) is -3.98. The fourth-order valence-corrected chi connectivity index (χ4v) is 1.95. The minimum Gasteiger partial charge on any atom is -0.478 e. The Morgan fingerprint density at radius 3 is 2.40 bits per heavy atom. The highest BCUT2D eigenvalue weighted by Crippen LogP contribution is 2.19. The number of hydrogen-bond donors (Lipinski definition) is 5. The number of rotatable bonds is 6. The summed E-state index contributed by atoms with van der Waals surface area (Å²) in [6, 6.07) is 2.73. The summed E-state index contributed by atoms with van der Waals surface area (Å²) in [6.45, 7) is 0.406. The van der Waals surface area contributed by atoms with Crippen LogP contribution in [0.3, 0.4) is 0 Å². The SMILES string of the molecule is NC(=O)NCCNc1ccc(S(N)(=O)=O)cc1C(=O)O. The van der Waals surface area contributed by atoms with E-state index in [1.807, 2.05) is 0 Å². The number of amides is 2. The number of hydrogen-bond acceptors (Lipinski definition) is 5. The Bertz CT molecular complexity index is 629. The normalized spacial score (nSPS) is 10.8. The van der Waals surface area contributed by atoms with Crippen molar-refractivity contribution in [2.45, 2.75) is 4.90 Å². The number of primary amides is 1.